The summed E-state index contributed by atoms with van der Waals surface area (Å²) in [4.78, 5) is 16.6. The number of nitrogens with one attached hydrogen (secondary N) is 1. The van der Waals surface area contributed by atoms with Crippen LogP contribution in [0.1, 0.15) is 16.1 Å². The first-order valence-electron chi connectivity index (χ1n) is 9.72. The number of benzene rings is 2. The smallest absolute Gasteiger partial charge is 0.277 e. The quantitative estimate of drug-likeness (QED) is 0.461. The maximum absolute atomic E-state index is 12.8. The number of sulfonamides is 1. The molecule has 0 saturated heterocycles. The highest BCUT2D eigenvalue weighted by Gasteiger charge is 2.21. The molecule has 0 atom stereocenters. The highest BCUT2D eigenvalue weighted by atomic mass is 32.2. The van der Waals surface area contributed by atoms with Crippen LogP contribution in [0.3, 0.4) is 0 Å². The number of anilines is 1. The summed E-state index contributed by atoms with van der Waals surface area (Å²) in [6, 6.07) is 20.4. The molecule has 1 N–H and O–H groups in total. The monoisotopic (exact) mass is 448 g/mol. The lowest BCUT2D eigenvalue weighted by Gasteiger charge is -2.17. The highest BCUT2D eigenvalue weighted by Crippen LogP contribution is 2.21. The Morgan fingerprint density at radius 2 is 1.78 bits per heavy atom. The van der Waals surface area contributed by atoms with Crippen LogP contribution in [0.15, 0.2) is 94.6 Å². The van der Waals surface area contributed by atoms with Gasteiger partial charge in [0.05, 0.1) is 4.90 Å². The molecule has 2 aromatic heterocycles. The largest absolute Gasteiger partial charge is 0.355 e. The molecule has 0 spiro atoms. The highest BCUT2D eigenvalue weighted by molar-refractivity contribution is 7.89. The van der Waals surface area contributed by atoms with Gasteiger partial charge in [-0.05, 0) is 42.0 Å². The fourth-order valence-electron chi connectivity index (χ4n) is 3.04. The standard InChI is InChI=1S/C23H20N4O4S/c1-27(16-17-6-3-2-4-7-17)32(29,30)20-11-9-19(10-12-20)25-23(28)21-14-22(31-26-21)18-8-5-13-24-15-18/h2-15H,16H2,1H3,(H,25,28). The zero-order chi connectivity index (χ0) is 22.6. The average Bonchev–Trinajstić information content (AvgIpc) is 3.31. The van der Waals surface area contributed by atoms with Gasteiger partial charge in [-0.2, -0.15) is 4.31 Å². The molecule has 0 saturated carbocycles. The molecule has 8 nitrogen and oxygen atoms in total. The zero-order valence-electron chi connectivity index (χ0n) is 17.2. The maximum Gasteiger partial charge on any atom is 0.277 e. The molecule has 32 heavy (non-hydrogen) atoms. The minimum atomic E-state index is -3.67. The molecule has 4 rings (SSSR count). The third-order valence-electron chi connectivity index (χ3n) is 4.76. The Kier molecular flexibility index (Phi) is 6.11. The van der Waals surface area contributed by atoms with E-state index in [1.807, 2.05) is 30.3 Å². The number of carbonyl (C=O) groups is 1. The lowest BCUT2D eigenvalue weighted by atomic mass is 10.2. The minimum Gasteiger partial charge on any atom is -0.355 e. The van der Waals surface area contributed by atoms with Crippen molar-refractivity contribution in [1.82, 2.24) is 14.4 Å². The van der Waals surface area contributed by atoms with E-state index in [4.69, 9.17) is 4.52 Å². The Morgan fingerprint density at radius 1 is 1.03 bits per heavy atom. The number of amides is 1. The van der Waals surface area contributed by atoms with Crippen molar-refractivity contribution >= 4 is 21.6 Å². The topological polar surface area (TPSA) is 105 Å². The molecule has 9 heteroatoms. The van der Waals surface area contributed by atoms with Crippen molar-refractivity contribution in [2.75, 3.05) is 12.4 Å². The van der Waals surface area contributed by atoms with Crippen molar-refractivity contribution in [2.24, 2.45) is 0 Å². The van der Waals surface area contributed by atoms with Crippen LogP contribution in [0.25, 0.3) is 11.3 Å². The van der Waals surface area contributed by atoms with E-state index in [0.29, 0.717) is 17.0 Å². The molecule has 0 unspecified atom stereocenters. The maximum atomic E-state index is 12.8. The van der Waals surface area contributed by atoms with Gasteiger partial charge in [0.1, 0.15) is 0 Å². The van der Waals surface area contributed by atoms with Crippen LogP contribution in [0.5, 0.6) is 0 Å². The molecule has 0 fully saturated rings. The van der Waals surface area contributed by atoms with E-state index in [-0.39, 0.29) is 17.1 Å². The van der Waals surface area contributed by atoms with Gasteiger partial charge in [-0.15, -0.1) is 0 Å². The summed E-state index contributed by atoms with van der Waals surface area (Å²) in [5.41, 5.74) is 2.13. The number of aromatic nitrogens is 2. The van der Waals surface area contributed by atoms with E-state index in [1.54, 1.807) is 24.5 Å². The van der Waals surface area contributed by atoms with E-state index >= 15 is 0 Å². The summed E-state index contributed by atoms with van der Waals surface area (Å²) < 4.78 is 32.2. The van der Waals surface area contributed by atoms with Crippen molar-refractivity contribution in [3.8, 4) is 11.3 Å². The van der Waals surface area contributed by atoms with Crippen LogP contribution in [0, 0.1) is 0 Å². The summed E-state index contributed by atoms with van der Waals surface area (Å²) in [5, 5.41) is 6.48. The molecule has 0 radical (unpaired) electrons. The van der Waals surface area contributed by atoms with Crippen molar-refractivity contribution in [2.45, 2.75) is 11.4 Å². The SMILES string of the molecule is CN(Cc1ccccc1)S(=O)(=O)c1ccc(NC(=O)c2cc(-c3cccnc3)on2)cc1. The van der Waals surface area contributed by atoms with E-state index < -0.39 is 15.9 Å². The van der Waals surface area contributed by atoms with Crippen molar-refractivity contribution in [1.29, 1.82) is 0 Å². The number of carbonyl (C=O) groups excluding carboxylic acids is 1. The fourth-order valence-corrected chi connectivity index (χ4v) is 4.20. The number of rotatable bonds is 7. The van der Waals surface area contributed by atoms with Gasteiger partial charge in [-0.1, -0.05) is 35.5 Å². The van der Waals surface area contributed by atoms with E-state index in [1.165, 1.54) is 41.7 Å². The molecule has 0 aliphatic carbocycles. The second kappa shape index (κ2) is 9.13. The second-order valence-corrected chi connectivity index (χ2v) is 9.09. The molecule has 0 aliphatic rings. The van der Waals surface area contributed by atoms with Crippen LogP contribution in [-0.2, 0) is 16.6 Å². The Hall–Kier alpha value is -3.82. The van der Waals surface area contributed by atoms with Gasteiger partial charge in [0.2, 0.25) is 10.0 Å². The van der Waals surface area contributed by atoms with Gasteiger partial charge in [0, 0.05) is 43.3 Å². The fraction of sp³-hybridized carbons (Fsp3) is 0.0870. The van der Waals surface area contributed by atoms with Crippen LogP contribution >= 0.6 is 0 Å². The van der Waals surface area contributed by atoms with Gasteiger partial charge in [-0.25, -0.2) is 8.42 Å². The summed E-state index contributed by atoms with van der Waals surface area (Å²) in [6.07, 6.45) is 3.24. The van der Waals surface area contributed by atoms with Crippen LogP contribution in [-0.4, -0.2) is 35.8 Å². The van der Waals surface area contributed by atoms with Gasteiger partial charge in [-0.3, -0.25) is 9.78 Å². The summed E-state index contributed by atoms with van der Waals surface area (Å²) in [7, 11) is -2.14. The molecule has 2 heterocycles. The van der Waals surface area contributed by atoms with Gasteiger partial charge < -0.3 is 9.84 Å². The Labute approximate surface area is 185 Å². The molecular weight excluding hydrogens is 428 g/mol. The Balaban J connectivity index is 1.43. The van der Waals surface area contributed by atoms with E-state index in [9.17, 15) is 13.2 Å². The summed E-state index contributed by atoms with van der Waals surface area (Å²) >= 11 is 0. The third kappa shape index (κ3) is 4.74. The summed E-state index contributed by atoms with van der Waals surface area (Å²) in [6.45, 7) is 0.257. The normalized spacial score (nSPS) is 11.4. The molecule has 0 bridgehead atoms. The number of nitrogens with zero attached hydrogens (tertiary/aromatic N) is 3. The van der Waals surface area contributed by atoms with Crippen molar-refractivity contribution < 1.29 is 17.7 Å². The Bertz CT molecular complexity index is 1310. The van der Waals surface area contributed by atoms with Crippen LogP contribution < -0.4 is 5.32 Å². The first-order valence-corrected chi connectivity index (χ1v) is 11.2. The zero-order valence-corrected chi connectivity index (χ0v) is 18.0. The third-order valence-corrected chi connectivity index (χ3v) is 6.57. The molecule has 1 amide bonds. The van der Waals surface area contributed by atoms with Crippen molar-refractivity contribution in [3.05, 3.63) is 96.4 Å². The summed E-state index contributed by atoms with van der Waals surface area (Å²) in [5.74, 6) is -0.0492. The lowest BCUT2D eigenvalue weighted by molar-refractivity contribution is 0.101. The number of hydrogen-bond acceptors (Lipinski definition) is 6. The van der Waals surface area contributed by atoms with Gasteiger partial charge in [0.15, 0.2) is 11.5 Å². The predicted octanol–water partition coefficient (Wildman–Crippen LogP) is 3.81. The molecule has 2 aromatic carbocycles. The van der Waals surface area contributed by atoms with Crippen LogP contribution in [0.2, 0.25) is 0 Å². The van der Waals surface area contributed by atoms with E-state index in [2.05, 4.69) is 15.5 Å². The molecular formula is C23H20N4O4S. The first-order chi connectivity index (χ1) is 15.4. The molecule has 162 valence electrons. The van der Waals surface area contributed by atoms with Gasteiger partial charge in [0.25, 0.3) is 5.91 Å². The second-order valence-electron chi connectivity index (χ2n) is 7.04. The van der Waals surface area contributed by atoms with Crippen molar-refractivity contribution in [3.63, 3.8) is 0 Å². The van der Waals surface area contributed by atoms with E-state index in [0.717, 1.165) is 5.56 Å². The predicted molar refractivity (Wildman–Crippen MR) is 119 cm³/mol. The lowest BCUT2D eigenvalue weighted by Crippen LogP contribution is -2.26. The average molecular weight is 449 g/mol. The molecule has 4 aromatic rings. The molecule has 0 aliphatic heterocycles. The number of hydrogen-bond donors (Lipinski definition) is 1. The first kappa shape index (κ1) is 21.4. The van der Waals surface area contributed by atoms with Gasteiger partial charge >= 0.3 is 0 Å². The number of pyridine rings is 1. The Morgan fingerprint density at radius 3 is 2.47 bits per heavy atom. The minimum absolute atomic E-state index is 0.100. The van der Waals surface area contributed by atoms with Crippen LogP contribution in [0.4, 0.5) is 5.69 Å².